The van der Waals surface area contributed by atoms with Crippen LogP contribution in [0.25, 0.3) is 5.69 Å². The van der Waals surface area contributed by atoms with Crippen molar-refractivity contribution in [3.63, 3.8) is 0 Å². The van der Waals surface area contributed by atoms with Crippen LogP contribution in [0.5, 0.6) is 5.75 Å². The smallest absolute Gasteiger partial charge is 0.350 e. The van der Waals surface area contributed by atoms with Crippen molar-refractivity contribution in [2.75, 3.05) is 36.0 Å². The van der Waals surface area contributed by atoms with Crippen LogP contribution in [0, 0.1) is 0 Å². The number of rotatable bonds is 5. The summed E-state index contributed by atoms with van der Waals surface area (Å²) in [6, 6.07) is 11.3. The molecular weight excluding hydrogens is 368 g/mol. The Balaban J connectivity index is 1.43. The highest BCUT2D eigenvalue weighted by Gasteiger charge is 2.19. The minimum Gasteiger partial charge on any atom is -0.508 e. The topological polar surface area (TPSA) is 79.4 Å². The van der Waals surface area contributed by atoms with Crippen LogP contribution in [0.1, 0.15) is 26.3 Å². The molecule has 0 amide bonds. The number of aromatic nitrogens is 4. The van der Waals surface area contributed by atoms with Crippen LogP contribution in [-0.2, 0) is 0 Å². The third-order valence-corrected chi connectivity index (χ3v) is 5.53. The largest absolute Gasteiger partial charge is 0.508 e. The van der Waals surface area contributed by atoms with E-state index in [-0.39, 0.29) is 17.5 Å². The molecule has 4 rings (SSSR count). The summed E-state index contributed by atoms with van der Waals surface area (Å²) < 4.78 is 3.04. The summed E-state index contributed by atoms with van der Waals surface area (Å²) >= 11 is 0. The molecule has 3 aromatic rings. The summed E-state index contributed by atoms with van der Waals surface area (Å²) in [5, 5.41) is 13.7. The molecule has 1 saturated heterocycles. The summed E-state index contributed by atoms with van der Waals surface area (Å²) in [7, 11) is 0. The molecule has 1 aliphatic heterocycles. The highest BCUT2D eigenvalue weighted by molar-refractivity contribution is 5.51. The molecule has 1 unspecified atom stereocenters. The highest BCUT2D eigenvalue weighted by Crippen LogP contribution is 2.22. The maximum atomic E-state index is 12.6. The molecule has 8 nitrogen and oxygen atoms in total. The number of hydrogen-bond donors (Lipinski definition) is 1. The average molecular weight is 394 g/mol. The third kappa shape index (κ3) is 3.83. The first kappa shape index (κ1) is 19.0. The molecule has 2 aromatic heterocycles. The third-order valence-electron chi connectivity index (χ3n) is 5.53. The van der Waals surface area contributed by atoms with Crippen LogP contribution < -0.4 is 15.5 Å². The van der Waals surface area contributed by atoms with Crippen molar-refractivity contribution >= 4 is 11.5 Å². The molecule has 3 heterocycles. The first-order valence-corrected chi connectivity index (χ1v) is 9.98. The predicted molar refractivity (Wildman–Crippen MR) is 113 cm³/mol. The van der Waals surface area contributed by atoms with E-state index in [0.29, 0.717) is 0 Å². The van der Waals surface area contributed by atoms with Gasteiger partial charge in [0.1, 0.15) is 17.9 Å². The second kappa shape index (κ2) is 7.98. The van der Waals surface area contributed by atoms with Crippen LogP contribution in [-0.4, -0.2) is 50.6 Å². The number of phenols is 1. The standard InChI is InChI=1S/C21H26N6O2/c1-3-16(2)27-21(29)26(15-23-27)18-6-9-20(22-14-18)25-12-10-24(11-13-25)17-4-7-19(28)8-5-17/h4-9,14-16,28H,3,10-13H2,1-2H3. The minimum atomic E-state index is -0.142. The lowest BCUT2D eigenvalue weighted by molar-refractivity contribution is 0.460. The van der Waals surface area contributed by atoms with Crippen molar-refractivity contribution in [1.82, 2.24) is 19.3 Å². The summed E-state index contributed by atoms with van der Waals surface area (Å²) in [6.07, 6.45) is 4.14. The first-order chi connectivity index (χ1) is 14.1. The molecule has 152 valence electrons. The fraction of sp³-hybridized carbons (Fsp3) is 0.381. The Morgan fingerprint density at radius 2 is 1.66 bits per heavy atom. The van der Waals surface area contributed by atoms with Crippen molar-refractivity contribution in [2.24, 2.45) is 0 Å². The molecule has 0 saturated carbocycles. The lowest BCUT2D eigenvalue weighted by Gasteiger charge is -2.36. The van der Waals surface area contributed by atoms with Gasteiger partial charge in [0.25, 0.3) is 0 Å². The van der Waals surface area contributed by atoms with Crippen molar-refractivity contribution < 1.29 is 5.11 Å². The number of benzene rings is 1. The van der Waals surface area contributed by atoms with Crippen molar-refractivity contribution in [3.05, 3.63) is 59.4 Å². The monoisotopic (exact) mass is 394 g/mol. The van der Waals surface area contributed by atoms with Crippen molar-refractivity contribution in [1.29, 1.82) is 0 Å². The Morgan fingerprint density at radius 3 is 2.28 bits per heavy atom. The van der Waals surface area contributed by atoms with Crippen molar-refractivity contribution in [3.8, 4) is 11.4 Å². The second-order valence-electron chi connectivity index (χ2n) is 7.35. The number of piperazine rings is 1. The van der Waals surface area contributed by atoms with E-state index in [1.54, 1.807) is 24.7 Å². The van der Waals surface area contributed by atoms with Gasteiger partial charge in [0, 0.05) is 31.9 Å². The van der Waals surface area contributed by atoms with Crippen LogP contribution in [0.3, 0.4) is 0 Å². The zero-order valence-electron chi connectivity index (χ0n) is 16.8. The Labute approximate surface area is 169 Å². The fourth-order valence-electron chi connectivity index (χ4n) is 3.53. The Hall–Kier alpha value is -3.29. The molecular formula is C21H26N6O2. The van der Waals surface area contributed by atoms with Gasteiger partial charge in [-0.15, -0.1) is 0 Å². The van der Waals surface area contributed by atoms with E-state index in [9.17, 15) is 9.90 Å². The van der Waals surface area contributed by atoms with Crippen LogP contribution >= 0.6 is 0 Å². The van der Waals surface area contributed by atoms with Gasteiger partial charge in [-0.25, -0.2) is 19.0 Å². The number of phenolic OH excluding ortho intramolecular Hbond substituents is 1. The lowest BCUT2D eigenvalue weighted by atomic mass is 10.2. The normalized spacial score (nSPS) is 15.5. The van der Waals surface area contributed by atoms with E-state index in [0.717, 1.165) is 49.8 Å². The second-order valence-corrected chi connectivity index (χ2v) is 7.35. The van der Waals surface area contributed by atoms with E-state index in [1.165, 1.54) is 9.25 Å². The maximum Gasteiger partial charge on any atom is 0.350 e. The summed E-state index contributed by atoms with van der Waals surface area (Å²) in [6.45, 7) is 7.51. The molecule has 0 spiro atoms. The van der Waals surface area contributed by atoms with Gasteiger partial charge >= 0.3 is 5.69 Å². The molecule has 1 N–H and O–H groups in total. The van der Waals surface area contributed by atoms with Gasteiger partial charge in [0.2, 0.25) is 0 Å². The summed E-state index contributed by atoms with van der Waals surface area (Å²) in [5.41, 5.74) is 1.69. The molecule has 0 aliphatic carbocycles. The van der Waals surface area contributed by atoms with Crippen molar-refractivity contribution in [2.45, 2.75) is 26.3 Å². The van der Waals surface area contributed by atoms with Crippen LogP contribution in [0.2, 0.25) is 0 Å². The predicted octanol–water partition coefficient (Wildman–Crippen LogP) is 2.43. The zero-order valence-corrected chi connectivity index (χ0v) is 16.8. The van der Waals surface area contributed by atoms with E-state index in [4.69, 9.17) is 0 Å². The van der Waals surface area contributed by atoms with Crippen LogP contribution in [0.4, 0.5) is 11.5 Å². The number of aromatic hydroxyl groups is 1. The van der Waals surface area contributed by atoms with Gasteiger partial charge < -0.3 is 14.9 Å². The summed E-state index contributed by atoms with van der Waals surface area (Å²) in [4.78, 5) is 21.7. The van der Waals surface area contributed by atoms with E-state index >= 15 is 0 Å². The van der Waals surface area contributed by atoms with E-state index in [1.807, 2.05) is 38.1 Å². The molecule has 1 aliphatic rings. The maximum absolute atomic E-state index is 12.6. The van der Waals surface area contributed by atoms with Gasteiger partial charge in [-0.1, -0.05) is 6.92 Å². The number of nitrogens with zero attached hydrogens (tertiary/aromatic N) is 6. The zero-order chi connectivity index (χ0) is 20.4. The fourth-order valence-corrected chi connectivity index (χ4v) is 3.53. The highest BCUT2D eigenvalue weighted by atomic mass is 16.3. The Bertz CT molecular complexity index is 1000. The van der Waals surface area contributed by atoms with Gasteiger partial charge in [0.15, 0.2) is 0 Å². The molecule has 29 heavy (non-hydrogen) atoms. The van der Waals surface area contributed by atoms with Gasteiger partial charge in [-0.05, 0) is 49.7 Å². The molecule has 1 aromatic carbocycles. The molecule has 8 heteroatoms. The molecule has 0 bridgehead atoms. The van der Waals surface area contributed by atoms with E-state index < -0.39 is 0 Å². The molecule has 1 fully saturated rings. The Kier molecular flexibility index (Phi) is 5.24. The number of anilines is 2. The lowest BCUT2D eigenvalue weighted by Crippen LogP contribution is -2.46. The first-order valence-electron chi connectivity index (χ1n) is 9.98. The molecule has 1 atom stereocenters. The quantitative estimate of drug-likeness (QED) is 0.716. The van der Waals surface area contributed by atoms with E-state index in [2.05, 4.69) is 19.9 Å². The Morgan fingerprint density at radius 1 is 1.00 bits per heavy atom. The SMILES string of the molecule is CCC(C)n1ncn(-c2ccc(N3CCN(c4ccc(O)cc4)CC3)nc2)c1=O. The molecule has 0 radical (unpaired) electrons. The minimum absolute atomic E-state index is 0.0702. The number of pyridine rings is 1. The van der Waals surface area contributed by atoms with Gasteiger partial charge in [-0.2, -0.15) is 5.10 Å². The van der Waals surface area contributed by atoms with Crippen LogP contribution in [0.15, 0.2) is 53.7 Å². The summed E-state index contributed by atoms with van der Waals surface area (Å²) in [5.74, 6) is 1.19. The average Bonchev–Trinajstić information content (AvgIpc) is 3.15. The number of hydrogen-bond acceptors (Lipinski definition) is 6. The van der Waals surface area contributed by atoms with Gasteiger partial charge in [0.05, 0.1) is 17.9 Å². The van der Waals surface area contributed by atoms with Gasteiger partial charge in [-0.3, -0.25) is 0 Å².